The van der Waals surface area contributed by atoms with Crippen LogP contribution < -0.4 is 5.32 Å². The monoisotopic (exact) mass is 277 g/mol. The van der Waals surface area contributed by atoms with Crippen molar-refractivity contribution in [1.82, 2.24) is 5.32 Å². The van der Waals surface area contributed by atoms with E-state index in [0.717, 1.165) is 51.7 Å². The van der Waals surface area contributed by atoms with Crippen molar-refractivity contribution in [3.63, 3.8) is 0 Å². The Morgan fingerprint density at radius 1 is 1.47 bits per heavy atom. The lowest BCUT2D eigenvalue weighted by Gasteiger charge is -2.13. The number of hydrogen-bond acceptors (Lipinski definition) is 4. The highest BCUT2D eigenvalue weighted by atomic mass is 32.1. The lowest BCUT2D eigenvalue weighted by molar-refractivity contribution is -0.407. The van der Waals surface area contributed by atoms with E-state index in [9.17, 15) is 4.91 Å². The lowest BCUT2D eigenvalue weighted by Crippen LogP contribution is -2.16. The van der Waals surface area contributed by atoms with Crippen LogP contribution in [0.5, 0.6) is 0 Å². The number of fused-ring (bicyclic) bond motifs is 1. The van der Waals surface area contributed by atoms with Gasteiger partial charge in [-0.15, -0.1) is 0 Å². The van der Waals surface area contributed by atoms with Crippen LogP contribution in [0.1, 0.15) is 30.2 Å². The molecule has 1 aromatic heterocycles. The van der Waals surface area contributed by atoms with Crippen LogP contribution in [0.15, 0.2) is 29.3 Å². The molecule has 100 valence electrons. The maximum absolute atomic E-state index is 12.6. The minimum absolute atomic E-state index is 0.705. The molecule has 2 aliphatic rings. The summed E-state index contributed by atoms with van der Waals surface area (Å²) in [4.78, 5) is 13.8. The van der Waals surface area contributed by atoms with Gasteiger partial charge >= 0.3 is 5.00 Å². The van der Waals surface area contributed by atoms with Gasteiger partial charge in [0.15, 0.2) is 0 Å². The van der Waals surface area contributed by atoms with Gasteiger partial charge in [0, 0.05) is 35.2 Å². The number of rotatable bonds is 2. The Labute approximate surface area is 116 Å². The van der Waals surface area contributed by atoms with Gasteiger partial charge in [0.05, 0.1) is 23.2 Å². The van der Waals surface area contributed by atoms with E-state index in [1.54, 1.807) is 18.4 Å². The van der Waals surface area contributed by atoms with E-state index in [1.165, 1.54) is 4.88 Å². The van der Waals surface area contributed by atoms with Crippen molar-refractivity contribution < 1.29 is 9.50 Å². The zero-order chi connectivity index (χ0) is 13.4. The highest BCUT2D eigenvalue weighted by molar-refractivity contribution is 7.15. The molecule has 0 fully saturated rings. The zero-order valence-electron chi connectivity index (χ0n) is 11.2. The Morgan fingerprint density at radius 2 is 2.32 bits per heavy atom. The SMILES string of the molecule is CCc1cc2c(s1)[N+](=O)C1=C(C=C(OC)CC1)NC2. The lowest BCUT2D eigenvalue weighted by atomic mass is 10.1. The number of nitrogens with one attached hydrogen (secondary N) is 1. The van der Waals surface area contributed by atoms with E-state index < -0.39 is 0 Å². The molecule has 4 nitrogen and oxygen atoms in total. The summed E-state index contributed by atoms with van der Waals surface area (Å²) in [6, 6.07) is 2.14. The average molecular weight is 277 g/mol. The molecule has 0 unspecified atom stereocenters. The van der Waals surface area contributed by atoms with Crippen molar-refractivity contribution in [3.05, 3.63) is 44.6 Å². The predicted molar refractivity (Wildman–Crippen MR) is 75.2 cm³/mol. The molecule has 1 aromatic rings. The molecule has 0 bridgehead atoms. The fraction of sp³-hybridized carbons (Fsp3) is 0.429. The molecule has 5 heteroatoms. The van der Waals surface area contributed by atoms with Gasteiger partial charge in [-0.05, 0) is 12.5 Å². The summed E-state index contributed by atoms with van der Waals surface area (Å²) >= 11 is 1.61. The molecule has 2 heterocycles. The van der Waals surface area contributed by atoms with Crippen molar-refractivity contribution in [2.24, 2.45) is 0 Å². The maximum atomic E-state index is 12.6. The van der Waals surface area contributed by atoms with Crippen LogP contribution in [0.4, 0.5) is 5.00 Å². The summed E-state index contributed by atoms with van der Waals surface area (Å²) in [6.45, 7) is 2.82. The van der Waals surface area contributed by atoms with Crippen molar-refractivity contribution in [2.75, 3.05) is 7.11 Å². The largest absolute Gasteiger partial charge is 0.501 e. The third-order valence-corrected chi connectivity index (χ3v) is 4.86. The number of nitroso groups, excluding NO2 is 1. The van der Waals surface area contributed by atoms with Crippen LogP contribution in [0.2, 0.25) is 0 Å². The first-order valence-corrected chi connectivity index (χ1v) is 7.35. The number of hydrogen-bond donors (Lipinski definition) is 1. The summed E-state index contributed by atoms with van der Waals surface area (Å²) in [6.07, 6.45) is 4.44. The topological polar surface area (TPSA) is 41.3 Å². The van der Waals surface area contributed by atoms with Gasteiger partial charge in [0.2, 0.25) is 0 Å². The second-order valence-corrected chi connectivity index (χ2v) is 5.83. The van der Waals surface area contributed by atoms with Gasteiger partial charge < -0.3 is 10.1 Å². The van der Waals surface area contributed by atoms with Crippen LogP contribution in [0, 0.1) is 4.91 Å². The molecular formula is C14H17N2O2S+. The number of allylic oxidation sites excluding steroid dienone is 3. The third kappa shape index (κ3) is 2.08. The summed E-state index contributed by atoms with van der Waals surface area (Å²) in [5.74, 6) is 0.930. The van der Waals surface area contributed by atoms with E-state index >= 15 is 0 Å². The molecular weight excluding hydrogens is 260 g/mol. The number of methoxy groups -OCH3 is 1. The second kappa shape index (κ2) is 4.81. The number of aryl methyl sites for hydroxylation is 1. The molecule has 1 aliphatic heterocycles. The molecule has 19 heavy (non-hydrogen) atoms. The first-order chi connectivity index (χ1) is 9.22. The summed E-state index contributed by atoms with van der Waals surface area (Å²) < 4.78 is 6.39. The van der Waals surface area contributed by atoms with Crippen LogP contribution in [-0.4, -0.2) is 11.9 Å². The molecule has 3 rings (SSSR count). The van der Waals surface area contributed by atoms with Gasteiger partial charge in [-0.1, -0.05) is 18.3 Å². The average Bonchev–Trinajstić information content (AvgIpc) is 2.82. The summed E-state index contributed by atoms with van der Waals surface area (Å²) in [5, 5.41) is 4.20. The number of ether oxygens (including phenoxy) is 1. The first-order valence-electron chi connectivity index (χ1n) is 6.53. The maximum Gasteiger partial charge on any atom is 0.323 e. The Kier molecular flexibility index (Phi) is 3.14. The number of thiophene rings is 1. The molecule has 0 saturated carbocycles. The van der Waals surface area contributed by atoms with E-state index in [1.807, 2.05) is 6.08 Å². The zero-order valence-corrected chi connectivity index (χ0v) is 12.0. The van der Waals surface area contributed by atoms with Crippen molar-refractivity contribution in [2.45, 2.75) is 32.7 Å². The first kappa shape index (κ1) is 12.4. The molecule has 0 radical (unpaired) electrons. The van der Waals surface area contributed by atoms with Crippen LogP contribution in [-0.2, 0) is 17.7 Å². The minimum atomic E-state index is 0.705. The molecule has 0 aromatic carbocycles. The molecule has 1 N–H and O–H groups in total. The highest BCUT2D eigenvalue weighted by Gasteiger charge is 2.35. The standard InChI is InChI=1S/C14H17N2O2S/c1-3-11-6-9-8-15-12-7-10(18-2)4-5-13(12)16(17)14(9)19-11/h6-7,15H,3-5,8H2,1-2H3/q+1. The summed E-state index contributed by atoms with van der Waals surface area (Å²) in [5.41, 5.74) is 2.82. The second-order valence-electron chi connectivity index (χ2n) is 4.72. The van der Waals surface area contributed by atoms with E-state index in [4.69, 9.17) is 4.74 Å². The molecule has 0 spiro atoms. The van der Waals surface area contributed by atoms with Crippen LogP contribution in [0.25, 0.3) is 0 Å². The molecule has 0 atom stereocenters. The molecule has 1 aliphatic carbocycles. The summed E-state index contributed by atoms with van der Waals surface area (Å²) in [7, 11) is 1.67. The quantitative estimate of drug-likeness (QED) is 0.843. The van der Waals surface area contributed by atoms with Crippen LogP contribution >= 0.6 is 11.3 Å². The van der Waals surface area contributed by atoms with Gasteiger partial charge in [-0.25, -0.2) is 0 Å². The Balaban J connectivity index is 2.02. The van der Waals surface area contributed by atoms with E-state index in [2.05, 4.69) is 18.3 Å². The number of nitrogens with zero attached hydrogens (tertiary/aromatic N) is 1. The Morgan fingerprint density at radius 3 is 3.05 bits per heavy atom. The van der Waals surface area contributed by atoms with Crippen molar-refractivity contribution in [3.8, 4) is 0 Å². The van der Waals surface area contributed by atoms with E-state index in [-0.39, 0.29) is 0 Å². The Bertz CT molecular complexity index is 599. The van der Waals surface area contributed by atoms with Crippen molar-refractivity contribution >= 4 is 16.3 Å². The van der Waals surface area contributed by atoms with E-state index in [0.29, 0.717) is 6.54 Å². The normalized spacial score (nSPS) is 18.2. The van der Waals surface area contributed by atoms with Crippen LogP contribution in [0.3, 0.4) is 0 Å². The fourth-order valence-corrected chi connectivity index (χ4v) is 3.53. The molecule has 0 saturated heterocycles. The predicted octanol–water partition coefficient (Wildman–Crippen LogP) is 3.36. The Hall–Kier alpha value is -1.62. The van der Waals surface area contributed by atoms with Gasteiger partial charge in [0.1, 0.15) is 5.70 Å². The van der Waals surface area contributed by atoms with Gasteiger partial charge in [-0.2, -0.15) is 0 Å². The van der Waals surface area contributed by atoms with Gasteiger partial charge in [0.25, 0.3) is 5.70 Å². The third-order valence-electron chi connectivity index (χ3n) is 3.57. The van der Waals surface area contributed by atoms with Gasteiger partial charge in [-0.3, -0.25) is 0 Å². The minimum Gasteiger partial charge on any atom is -0.501 e. The fourth-order valence-electron chi connectivity index (χ4n) is 2.48. The molecule has 0 amide bonds. The van der Waals surface area contributed by atoms with Crippen molar-refractivity contribution in [1.29, 1.82) is 0 Å². The highest BCUT2D eigenvalue weighted by Crippen LogP contribution is 2.38. The smallest absolute Gasteiger partial charge is 0.323 e.